The SMILES string of the molecule is COc1ccc(-c2cnc(C(=O)N[C@H](CO)C(C)(C)C)cc2C(=O)OS(C)(=O)=O)c(C(=O)Nc2ccc(C(=N)N)cc2)n1. The summed E-state index contributed by atoms with van der Waals surface area (Å²) in [6.07, 6.45) is 1.79. The van der Waals surface area contributed by atoms with E-state index in [1.54, 1.807) is 20.8 Å². The lowest BCUT2D eigenvalue weighted by Crippen LogP contribution is -2.46. The number of hydrogen-bond acceptors (Lipinski definition) is 11. The van der Waals surface area contributed by atoms with E-state index >= 15 is 0 Å². The number of anilines is 1. The number of aromatic nitrogens is 2. The molecule has 14 nitrogen and oxygen atoms in total. The molecule has 1 atom stereocenters. The van der Waals surface area contributed by atoms with Crippen LogP contribution in [-0.2, 0) is 14.3 Å². The van der Waals surface area contributed by atoms with Gasteiger partial charge in [0.15, 0.2) is 0 Å². The number of rotatable bonds is 10. The van der Waals surface area contributed by atoms with E-state index in [0.29, 0.717) is 17.5 Å². The highest BCUT2D eigenvalue weighted by Crippen LogP contribution is 2.30. The Morgan fingerprint density at radius 1 is 1.07 bits per heavy atom. The number of carbonyl (C=O) groups is 3. The van der Waals surface area contributed by atoms with Crippen LogP contribution in [0.25, 0.3) is 11.1 Å². The number of hydrogen-bond donors (Lipinski definition) is 5. The molecule has 3 rings (SSSR count). The highest BCUT2D eigenvalue weighted by molar-refractivity contribution is 7.86. The summed E-state index contributed by atoms with van der Waals surface area (Å²) in [5, 5.41) is 22.6. The van der Waals surface area contributed by atoms with Crippen LogP contribution in [0, 0.1) is 10.8 Å². The normalized spacial score (nSPS) is 12.1. The Hall–Kier alpha value is -4.89. The maximum absolute atomic E-state index is 13.4. The van der Waals surface area contributed by atoms with Crippen molar-refractivity contribution in [2.24, 2.45) is 11.1 Å². The number of amidine groups is 1. The number of nitrogens with zero attached hydrogens (tertiary/aromatic N) is 2. The fourth-order valence-electron chi connectivity index (χ4n) is 3.78. The Morgan fingerprint density at radius 2 is 1.72 bits per heavy atom. The molecule has 43 heavy (non-hydrogen) atoms. The van der Waals surface area contributed by atoms with E-state index in [0.717, 1.165) is 12.3 Å². The van der Waals surface area contributed by atoms with Crippen molar-refractivity contribution in [1.82, 2.24) is 15.3 Å². The predicted molar refractivity (Wildman–Crippen MR) is 157 cm³/mol. The van der Waals surface area contributed by atoms with Crippen molar-refractivity contribution >= 4 is 39.4 Å². The van der Waals surface area contributed by atoms with E-state index in [-0.39, 0.29) is 40.8 Å². The number of nitrogen functional groups attached to an aromatic ring is 1. The summed E-state index contributed by atoms with van der Waals surface area (Å²) in [4.78, 5) is 47.9. The molecule has 0 unspecified atom stereocenters. The second kappa shape index (κ2) is 13.0. The Kier molecular flexibility index (Phi) is 9.83. The number of nitrogens with one attached hydrogen (secondary N) is 3. The number of pyridine rings is 2. The van der Waals surface area contributed by atoms with Gasteiger partial charge in [-0.3, -0.25) is 20.0 Å². The van der Waals surface area contributed by atoms with Gasteiger partial charge < -0.3 is 30.4 Å². The molecule has 2 aromatic heterocycles. The molecule has 0 spiro atoms. The minimum Gasteiger partial charge on any atom is -0.481 e. The third-order valence-electron chi connectivity index (χ3n) is 6.15. The first kappa shape index (κ1) is 32.6. The lowest BCUT2D eigenvalue weighted by molar-refractivity contribution is 0.0748. The Bertz CT molecular complexity index is 1670. The molecule has 0 aliphatic carbocycles. The van der Waals surface area contributed by atoms with Crippen LogP contribution in [-0.4, -0.2) is 73.1 Å². The number of ether oxygens (including phenoxy) is 1. The van der Waals surface area contributed by atoms with Gasteiger partial charge in [-0.15, -0.1) is 0 Å². The molecule has 1 aromatic carbocycles. The van der Waals surface area contributed by atoms with E-state index in [9.17, 15) is 27.9 Å². The minimum absolute atomic E-state index is 0.0430. The molecule has 2 amide bonds. The molecule has 0 saturated heterocycles. The van der Waals surface area contributed by atoms with E-state index < -0.39 is 44.9 Å². The molecule has 0 fully saturated rings. The fourth-order valence-corrected chi connectivity index (χ4v) is 4.15. The van der Waals surface area contributed by atoms with Gasteiger partial charge in [-0.1, -0.05) is 20.8 Å². The summed E-state index contributed by atoms with van der Waals surface area (Å²) >= 11 is 0. The zero-order valence-electron chi connectivity index (χ0n) is 24.1. The summed E-state index contributed by atoms with van der Waals surface area (Å²) in [5.74, 6) is -2.90. The van der Waals surface area contributed by atoms with Crippen LogP contribution in [0.5, 0.6) is 5.88 Å². The molecule has 228 valence electrons. The number of amides is 2. The largest absolute Gasteiger partial charge is 0.481 e. The molecule has 0 aliphatic rings. The zero-order valence-corrected chi connectivity index (χ0v) is 24.9. The number of aliphatic hydroxyl groups excluding tert-OH is 1. The zero-order chi connectivity index (χ0) is 32.1. The molecule has 15 heteroatoms. The van der Waals surface area contributed by atoms with Crippen molar-refractivity contribution in [3.63, 3.8) is 0 Å². The second-order valence-corrected chi connectivity index (χ2v) is 12.0. The molecule has 0 aliphatic heterocycles. The van der Waals surface area contributed by atoms with Gasteiger partial charge in [0.2, 0.25) is 5.88 Å². The third kappa shape index (κ3) is 8.33. The lowest BCUT2D eigenvalue weighted by Gasteiger charge is -2.29. The van der Waals surface area contributed by atoms with Crippen LogP contribution in [0.3, 0.4) is 0 Å². The van der Waals surface area contributed by atoms with Crippen LogP contribution >= 0.6 is 0 Å². The first-order chi connectivity index (χ1) is 20.0. The Balaban J connectivity index is 2.13. The van der Waals surface area contributed by atoms with Crippen LogP contribution in [0.2, 0.25) is 0 Å². The second-order valence-electron chi connectivity index (χ2n) is 10.5. The molecule has 0 radical (unpaired) electrons. The summed E-state index contributed by atoms with van der Waals surface area (Å²) < 4.78 is 33.4. The molecule has 2 heterocycles. The maximum atomic E-state index is 13.4. The minimum atomic E-state index is -4.28. The van der Waals surface area contributed by atoms with Gasteiger partial charge in [0, 0.05) is 34.6 Å². The first-order valence-corrected chi connectivity index (χ1v) is 14.5. The summed E-state index contributed by atoms with van der Waals surface area (Å²) in [7, 11) is -2.94. The van der Waals surface area contributed by atoms with Gasteiger partial charge in [-0.05, 0) is 41.8 Å². The maximum Gasteiger partial charge on any atom is 0.354 e. The van der Waals surface area contributed by atoms with Crippen molar-refractivity contribution in [3.05, 3.63) is 71.2 Å². The van der Waals surface area contributed by atoms with Gasteiger partial charge in [0.25, 0.3) is 11.8 Å². The summed E-state index contributed by atoms with van der Waals surface area (Å²) in [5.41, 5.74) is 4.82. The van der Waals surface area contributed by atoms with E-state index in [1.807, 2.05) is 0 Å². The van der Waals surface area contributed by atoms with Gasteiger partial charge in [0.1, 0.15) is 17.2 Å². The van der Waals surface area contributed by atoms with E-state index in [2.05, 4.69) is 24.8 Å². The molecular formula is C28H32N6O8S. The van der Waals surface area contributed by atoms with E-state index in [4.69, 9.17) is 15.9 Å². The summed E-state index contributed by atoms with van der Waals surface area (Å²) in [6, 6.07) is 9.30. The average molecular weight is 613 g/mol. The molecule has 6 N–H and O–H groups in total. The quantitative estimate of drug-likeness (QED) is 0.126. The number of carbonyl (C=O) groups excluding carboxylic acids is 3. The number of aliphatic hydroxyl groups is 1. The predicted octanol–water partition coefficient (Wildman–Crippen LogP) is 1.94. The van der Waals surface area contributed by atoms with Gasteiger partial charge in [-0.2, -0.15) is 8.42 Å². The van der Waals surface area contributed by atoms with Crippen LogP contribution < -0.4 is 21.1 Å². The van der Waals surface area contributed by atoms with Crippen molar-refractivity contribution in [2.45, 2.75) is 26.8 Å². The van der Waals surface area contributed by atoms with Crippen LogP contribution in [0.1, 0.15) is 57.7 Å². The Morgan fingerprint density at radius 3 is 2.26 bits per heavy atom. The Labute approximate surface area is 248 Å². The molecular weight excluding hydrogens is 580 g/mol. The van der Waals surface area contributed by atoms with Crippen molar-refractivity contribution in [1.29, 1.82) is 5.41 Å². The molecule has 0 saturated carbocycles. The monoisotopic (exact) mass is 612 g/mol. The number of nitrogens with two attached hydrogens (primary N) is 1. The van der Waals surface area contributed by atoms with Crippen molar-refractivity contribution in [2.75, 3.05) is 25.3 Å². The molecule has 3 aromatic rings. The smallest absolute Gasteiger partial charge is 0.354 e. The highest BCUT2D eigenvalue weighted by atomic mass is 32.2. The van der Waals surface area contributed by atoms with Gasteiger partial charge in [0.05, 0.1) is 31.6 Å². The van der Waals surface area contributed by atoms with E-state index in [1.165, 1.54) is 43.5 Å². The van der Waals surface area contributed by atoms with Gasteiger partial charge >= 0.3 is 16.1 Å². The standard InChI is InChI=1S/C28H32N6O8S/c1-28(2,3)21(14-35)33-25(36)20-12-18(27(38)42-43(5,39)40)19(13-31-20)17-10-11-22(41-4)34-23(17)26(37)32-16-8-6-15(7-9-16)24(29)30/h6-13,21,35H,14H2,1-5H3,(H3,29,30)(H,32,37)(H,33,36)/t21-/m1/s1. The summed E-state index contributed by atoms with van der Waals surface area (Å²) in [6.45, 7) is 5.05. The topological polar surface area (TPSA) is 224 Å². The average Bonchev–Trinajstić information content (AvgIpc) is 2.93. The lowest BCUT2D eigenvalue weighted by atomic mass is 9.87. The van der Waals surface area contributed by atoms with Crippen LogP contribution in [0.15, 0.2) is 48.7 Å². The first-order valence-electron chi connectivity index (χ1n) is 12.7. The van der Waals surface area contributed by atoms with Gasteiger partial charge in [-0.25, -0.2) is 9.78 Å². The number of methoxy groups -OCH3 is 1. The molecule has 0 bridgehead atoms. The number of benzene rings is 1. The fraction of sp³-hybridized carbons (Fsp3) is 0.286. The van der Waals surface area contributed by atoms with Crippen molar-refractivity contribution < 1.29 is 36.8 Å². The van der Waals surface area contributed by atoms with Crippen LogP contribution in [0.4, 0.5) is 5.69 Å². The van der Waals surface area contributed by atoms with Crippen molar-refractivity contribution in [3.8, 4) is 17.0 Å². The highest BCUT2D eigenvalue weighted by Gasteiger charge is 2.29. The third-order valence-corrected chi connectivity index (χ3v) is 6.61.